The van der Waals surface area contributed by atoms with Crippen molar-refractivity contribution in [2.75, 3.05) is 6.54 Å². The third-order valence-corrected chi connectivity index (χ3v) is 7.77. The molecule has 4 heteroatoms. The van der Waals surface area contributed by atoms with Gasteiger partial charge >= 0.3 is 5.97 Å². The molecule has 0 bridgehead atoms. The van der Waals surface area contributed by atoms with Crippen LogP contribution in [0.5, 0.6) is 0 Å². The lowest BCUT2D eigenvalue weighted by Gasteiger charge is -2.44. The first-order chi connectivity index (χ1) is 13.5. The first-order valence-electron chi connectivity index (χ1n) is 10.7. The van der Waals surface area contributed by atoms with Crippen molar-refractivity contribution in [3.8, 4) is 0 Å². The summed E-state index contributed by atoms with van der Waals surface area (Å²) < 4.78 is 7.60. The van der Waals surface area contributed by atoms with Crippen LogP contribution in [-0.2, 0) is 9.53 Å². The van der Waals surface area contributed by atoms with Crippen LogP contribution in [-0.4, -0.2) is 18.6 Å². The van der Waals surface area contributed by atoms with Gasteiger partial charge in [-0.1, -0.05) is 73.4 Å². The van der Waals surface area contributed by atoms with Gasteiger partial charge in [0.2, 0.25) is 0 Å². The van der Waals surface area contributed by atoms with Crippen LogP contribution in [0.4, 0.5) is 0 Å². The summed E-state index contributed by atoms with van der Waals surface area (Å²) in [6.07, 6.45) is 16.9. The van der Waals surface area contributed by atoms with Gasteiger partial charge in [-0.2, -0.15) is 0 Å². The SMILES string of the molecule is C.C.C=C1CCC(OC(C)=O)C/C1=C\C=C1/CCCC2(CN)C(C/C=C/I)CCC12. The van der Waals surface area contributed by atoms with Crippen LogP contribution in [0.3, 0.4) is 0 Å². The fourth-order valence-corrected chi connectivity index (χ4v) is 6.14. The molecule has 0 aromatic carbocycles. The second-order valence-electron chi connectivity index (χ2n) is 8.73. The zero-order valence-electron chi connectivity index (χ0n) is 17.1. The van der Waals surface area contributed by atoms with Crippen molar-refractivity contribution in [1.82, 2.24) is 0 Å². The number of nitrogens with two attached hydrogens (primary N) is 1. The minimum Gasteiger partial charge on any atom is -0.462 e. The van der Waals surface area contributed by atoms with Gasteiger partial charge in [0.05, 0.1) is 0 Å². The Bertz CT molecular complexity index is 693. The number of hydrogen-bond acceptors (Lipinski definition) is 3. The molecule has 3 aliphatic carbocycles. The van der Waals surface area contributed by atoms with Crippen LogP contribution in [0.1, 0.15) is 79.6 Å². The highest BCUT2D eigenvalue weighted by Gasteiger charge is 2.50. The first-order valence-corrected chi connectivity index (χ1v) is 11.9. The van der Waals surface area contributed by atoms with Gasteiger partial charge in [-0.25, -0.2) is 0 Å². The number of ether oxygens (including phenoxy) is 1. The fourth-order valence-electron chi connectivity index (χ4n) is 5.85. The molecule has 0 saturated heterocycles. The number of hydrogen-bond donors (Lipinski definition) is 1. The number of esters is 1. The quantitative estimate of drug-likeness (QED) is 0.302. The molecule has 170 valence electrons. The van der Waals surface area contributed by atoms with Crippen molar-refractivity contribution >= 4 is 28.6 Å². The van der Waals surface area contributed by atoms with Crippen LogP contribution in [0.25, 0.3) is 0 Å². The van der Waals surface area contributed by atoms with Crippen molar-refractivity contribution in [1.29, 1.82) is 0 Å². The lowest BCUT2D eigenvalue weighted by molar-refractivity contribution is -0.146. The molecule has 0 aliphatic heterocycles. The van der Waals surface area contributed by atoms with Gasteiger partial charge in [0.1, 0.15) is 6.10 Å². The molecule has 3 nitrogen and oxygen atoms in total. The van der Waals surface area contributed by atoms with E-state index in [4.69, 9.17) is 10.5 Å². The maximum absolute atomic E-state index is 11.3. The topological polar surface area (TPSA) is 52.3 Å². The lowest BCUT2D eigenvalue weighted by Crippen LogP contribution is -2.42. The number of allylic oxidation sites excluding steroid dienone is 5. The van der Waals surface area contributed by atoms with Gasteiger partial charge in [-0.05, 0) is 84.8 Å². The molecule has 3 aliphatic rings. The molecule has 2 N–H and O–H groups in total. The molecule has 0 aromatic heterocycles. The molecule has 3 rings (SSSR count). The molecule has 0 spiro atoms. The Labute approximate surface area is 198 Å². The van der Waals surface area contributed by atoms with E-state index in [9.17, 15) is 4.79 Å². The van der Waals surface area contributed by atoms with Crippen LogP contribution < -0.4 is 5.73 Å². The van der Waals surface area contributed by atoms with E-state index in [0.717, 1.165) is 32.2 Å². The van der Waals surface area contributed by atoms with E-state index in [1.807, 2.05) is 0 Å². The van der Waals surface area contributed by atoms with E-state index in [1.54, 1.807) is 5.57 Å². The molecule has 0 heterocycles. The smallest absolute Gasteiger partial charge is 0.302 e. The standard InChI is InChI=1S/C24H34INO2.2CH4/c1-17-7-11-22(28-18(2)27)15-20(17)9-8-19-5-3-13-24(16-26)21(6-4-14-25)10-12-23(19)24;;/h4,8-9,14,21-23H,1,3,5-7,10-13,15-16,26H2,2H3;2*1H4/b14-4+,19-8+,20-9+;;. The van der Waals surface area contributed by atoms with Crippen molar-refractivity contribution in [3.63, 3.8) is 0 Å². The van der Waals surface area contributed by atoms with E-state index in [0.29, 0.717) is 11.8 Å². The van der Waals surface area contributed by atoms with Crippen molar-refractivity contribution in [2.45, 2.75) is 85.7 Å². The Kier molecular flexibility index (Phi) is 11.1. The molecule has 30 heavy (non-hydrogen) atoms. The molecule has 4 unspecified atom stereocenters. The number of halogens is 1. The Balaban J connectivity index is 0.00000225. The zero-order chi connectivity index (χ0) is 20.1. The monoisotopic (exact) mass is 527 g/mol. The summed E-state index contributed by atoms with van der Waals surface area (Å²) in [7, 11) is 0. The van der Waals surface area contributed by atoms with Gasteiger partial charge in [0.25, 0.3) is 0 Å². The lowest BCUT2D eigenvalue weighted by atomic mass is 9.61. The van der Waals surface area contributed by atoms with E-state index in [-0.39, 0.29) is 32.3 Å². The third-order valence-electron chi connectivity index (χ3n) is 7.26. The average Bonchev–Trinajstić information content (AvgIpc) is 3.05. The Morgan fingerprint density at radius 3 is 2.70 bits per heavy atom. The molecule has 4 atom stereocenters. The molecule has 0 amide bonds. The zero-order valence-corrected chi connectivity index (χ0v) is 19.2. The number of carbonyl (C=O) groups is 1. The van der Waals surface area contributed by atoms with Crippen molar-refractivity contribution < 1.29 is 9.53 Å². The summed E-state index contributed by atoms with van der Waals surface area (Å²) in [5.41, 5.74) is 10.7. The second kappa shape index (κ2) is 12.2. The third kappa shape index (κ3) is 5.87. The molecule has 0 aromatic rings. The van der Waals surface area contributed by atoms with E-state index in [1.165, 1.54) is 50.2 Å². The predicted molar refractivity (Wildman–Crippen MR) is 138 cm³/mol. The molecular weight excluding hydrogens is 485 g/mol. The Morgan fingerprint density at radius 2 is 2.03 bits per heavy atom. The molecule has 3 fully saturated rings. The highest BCUT2D eigenvalue weighted by molar-refractivity contribution is 14.1. The van der Waals surface area contributed by atoms with Crippen molar-refractivity contribution in [3.05, 3.63) is 45.6 Å². The largest absolute Gasteiger partial charge is 0.462 e. The van der Waals surface area contributed by atoms with Crippen LogP contribution in [0.2, 0.25) is 0 Å². The maximum atomic E-state index is 11.3. The minimum absolute atomic E-state index is 0. The van der Waals surface area contributed by atoms with Gasteiger partial charge in [0, 0.05) is 13.3 Å². The predicted octanol–water partition coefficient (Wildman–Crippen LogP) is 7.28. The molecular formula is C26H42INO2. The highest BCUT2D eigenvalue weighted by Crippen LogP contribution is 2.58. The number of carbonyl (C=O) groups excluding carboxylic acids is 1. The maximum Gasteiger partial charge on any atom is 0.302 e. The summed E-state index contributed by atoms with van der Waals surface area (Å²) in [4.78, 5) is 11.3. The molecule has 0 radical (unpaired) electrons. The molecule has 3 saturated carbocycles. The Hall–Kier alpha value is -0.880. The van der Waals surface area contributed by atoms with E-state index in [2.05, 4.69) is 51.5 Å². The van der Waals surface area contributed by atoms with Crippen LogP contribution in [0.15, 0.2) is 45.6 Å². The number of fused-ring (bicyclic) bond motifs is 1. The van der Waals surface area contributed by atoms with Gasteiger partial charge in [0.15, 0.2) is 0 Å². The summed E-state index contributed by atoms with van der Waals surface area (Å²) in [6, 6.07) is 0. The summed E-state index contributed by atoms with van der Waals surface area (Å²) in [5.74, 6) is 1.15. The van der Waals surface area contributed by atoms with E-state index >= 15 is 0 Å². The number of rotatable bonds is 5. The fraction of sp³-hybridized carbons (Fsp3) is 0.654. The Morgan fingerprint density at radius 1 is 1.27 bits per heavy atom. The van der Waals surface area contributed by atoms with Crippen LogP contribution in [0, 0.1) is 17.3 Å². The first kappa shape index (κ1) is 27.2. The van der Waals surface area contributed by atoms with Crippen LogP contribution >= 0.6 is 22.6 Å². The summed E-state index contributed by atoms with van der Waals surface area (Å²) in [6.45, 7) is 6.54. The summed E-state index contributed by atoms with van der Waals surface area (Å²) in [5, 5.41) is 0. The van der Waals surface area contributed by atoms with Gasteiger partial charge in [-0.3, -0.25) is 4.79 Å². The van der Waals surface area contributed by atoms with Gasteiger partial charge in [-0.15, -0.1) is 0 Å². The van der Waals surface area contributed by atoms with E-state index < -0.39 is 0 Å². The summed E-state index contributed by atoms with van der Waals surface area (Å²) >= 11 is 2.32. The highest BCUT2D eigenvalue weighted by atomic mass is 127. The van der Waals surface area contributed by atoms with Gasteiger partial charge < -0.3 is 10.5 Å². The average molecular weight is 528 g/mol. The normalized spacial score (nSPS) is 33.8. The van der Waals surface area contributed by atoms with Crippen molar-refractivity contribution in [2.24, 2.45) is 23.0 Å². The minimum atomic E-state index is -0.187. The second-order valence-corrected chi connectivity index (χ2v) is 9.45.